The molecule has 0 spiro atoms. The molecule has 1 aromatic heterocycles. The van der Waals surface area contributed by atoms with E-state index >= 15 is 0 Å². The molecule has 4 rings (SSSR count). The first-order chi connectivity index (χ1) is 16.6. The number of hydrogen-bond donors (Lipinski definition) is 1. The molecule has 2 heterocycles. The van der Waals surface area contributed by atoms with E-state index in [2.05, 4.69) is 15.3 Å². The van der Waals surface area contributed by atoms with Gasteiger partial charge in [0.2, 0.25) is 5.43 Å². The molecule has 0 bridgehead atoms. The lowest BCUT2D eigenvalue weighted by Crippen LogP contribution is -2.45. The number of hydrogen-bond acceptors (Lipinski definition) is 4. The second-order valence-corrected chi connectivity index (χ2v) is 8.82. The molecule has 0 aliphatic carbocycles. The summed E-state index contributed by atoms with van der Waals surface area (Å²) in [6.07, 6.45) is -2.38. The fourth-order valence-corrected chi connectivity index (χ4v) is 4.62. The Kier molecular flexibility index (Phi) is 7.07. The molecule has 1 saturated heterocycles. The minimum absolute atomic E-state index is 0.0845. The summed E-state index contributed by atoms with van der Waals surface area (Å²) in [5, 5.41) is 7.07. The fraction of sp³-hybridized carbons (Fsp3) is 0.346. The van der Waals surface area contributed by atoms with Crippen LogP contribution in [-0.4, -0.2) is 39.7 Å². The van der Waals surface area contributed by atoms with E-state index in [4.69, 9.17) is 0 Å². The molecular formula is C26H27F3N4O2. The van der Waals surface area contributed by atoms with Crippen LogP contribution in [0.1, 0.15) is 53.1 Å². The van der Waals surface area contributed by atoms with E-state index in [1.54, 1.807) is 6.92 Å². The molecule has 0 saturated carbocycles. The quantitative estimate of drug-likeness (QED) is 0.559. The third-order valence-corrected chi connectivity index (χ3v) is 6.25. The number of likely N-dealkylation sites (tertiary alicyclic amines) is 1. The highest BCUT2D eigenvalue weighted by molar-refractivity contribution is 5.92. The zero-order valence-electron chi connectivity index (χ0n) is 19.5. The van der Waals surface area contributed by atoms with Crippen molar-refractivity contribution in [1.82, 2.24) is 20.0 Å². The van der Waals surface area contributed by atoms with Crippen molar-refractivity contribution in [2.75, 3.05) is 13.1 Å². The van der Waals surface area contributed by atoms with Crippen LogP contribution in [0.2, 0.25) is 0 Å². The minimum Gasteiger partial charge on any atom is -0.346 e. The smallest absolute Gasteiger partial charge is 0.346 e. The number of benzene rings is 2. The van der Waals surface area contributed by atoms with E-state index in [0.29, 0.717) is 5.69 Å². The van der Waals surface area contributed by atoms with Crippen LogP contribution in [0.15, 0.2) is 65.5 Å². The van der Waals surface area contributed by atoms with E-state index in [0.717, 1.165) is 43.6 Å². The fourth-order valence-electron chi connectivity index (χ4n) is 4.62. The lowest BCUT2D eigenvalue weighted by atomic mass is 9.98. The van der Waals surface area contributed by atoms with Crippen molar-refractivity contribution in [2.45, 2.75) is 44.9 Å². The van der Waals surface area contributed by atoms with Gasteiger partial charge in [0.05, 0.1) is 17.3 Å². The Labute approximate surface area is 201 Å². The number of carbonyl (C=O) groups excluding carboxylic acids is 1. The van der Waals surface area contributed by atoms with Crippen LogP contribution in [0.4, 0.5) is 13.2 Å². The molecule has 184 valence electrons. The number of rotatable bonds is 6. The number of halogens is 3. The molecule has 1 amide bonds. The lowest BCUT2D eigenvalue weighted by Gasteiger charge is -2.33. The highest BCUT2D eigenvalue weighted by Crippen LogP contribution is 2.30. The summed E-state index contributed by atoms with van der Waals surface area (Å²) >= 11 is 0. The highest BCUT2D eigenvalue weighted by Gasteiger charge is 2.32. The van der Waals surface area contributed by atoms with Gasteiger partial charge in [-0.05, 0) is 63.5 Å². The molecule has 1 aliphatic heterocycles. The zero-order valence-corrected chi connectivity index (χ0v) is 19.5. The molecule has 0 unspecified atom stereocenters. The summed E-state index contributed by atoms with van der Waals surface area (Å²) < 4.78 is 40.8. The summed E-state index contributed by atoms with van der Waals surface area (Å²) in [7, 11) is 0. The molecule has 2 aromatic carbocycles. The molecule has 1 fully saturated rings. The topological polar surface area (TPSA) is 67.2 Å². The summed E-state index contributed by atoms with van der Waals surface area (Å²) in [6.45, 7) is 5.25. The van der Waals surface area contributed by atoms with Gasteiger partial charge in [-0.2, -0.15) is 18.3 Å². The number of nitrogens with one attached hydrogen (secondary N) is 1. The first-order valence-corrected chi connectivity index (χ1v) is 11.5. The van der Waals surface area contributed by atoms with E-state index in [1.807, 2.05) is 37.3 Å². The van der Waals surface area contributed by atoms with Gasteiger partial charge in [0.25, 0.3) is 5.91 Å². The van der Waals surface area contributed by atoms with Gasteiger partial charge in [-0.1, -0.05) is 36.4 Å². The summed E-state index contributed by atoms with van der Waals surface area (Å²) in [5.74, 6) is -0.664. The number of aryl methyl sites for hydroxylation is 1. The predicted octanol–water partition coefficient (Wildman–Crippen LogP) is 4.52. The average molecular weight is 485 g/mol. The normalized spacial score (nSPS) is 16.1. The Bertz CT molecular complexity index is 1250. The first-order valence-electron chi connectivity index (χ1n) is 11.5. The van der Waals surface area contributed by atoms with Crippen molar-refractivity contribution in [1.29, 1.82) is 0 Å². The molecule has 2 atom stereocenters. The molecule has 0 radical (unpaired) electrons. The largest absolute Gasteiger partial charge is 0.416 e. The van der Waals surface area contributed by atoms with Gasteiger partial charge >= 0.3 is 6.18 Å². The van der Waals surface area contributed by atoms with Crippen LogP contribution in [0.3, 0.4) is 0 Å². The molecule has 35 heavy (non-hydrogen) atoms. The van der Waals surface area contributed by atoms with E-state index < -0.39 is 23.1 Å². The van der Waals surface area contributed by atoms with Crippen LogP contribution in [0.25, 0.3) is 5.69 Å². The van der Waals surface area contributed by atoms with Crippen LogP contribution in [-0.2, 0) is 6.18 Å². The maximum Gasteiger partial charge on any atom is 0.416 e. The minimum atomic E-state index is -4.53. The van der Waals surface area contributed by atoms with E-state index in [9.17, 15) is 22.8 Å². The number of alkyl halides is 3. The highest BCUT2D eigenvalue weighted by atomic mass is 19.4. The third-order valence-electron chi connectivity index (χ3n) is 6.25. The molecular weight excluding hydrogens is 457 g/mol. The maximum atomic E-state index is 13.2. The van der Waals surface area contributed by atoms with Crippen LogP contribution in [0, 0.1) is 6.92 Å². The molecule has 9 heteroatoms. The molecule has 1 aliphatic rings. The monoisotopic (exact) mass is 484 g/mol. The third kappa shape index (κ3) is 5.45. The first kappa shape index (κ1) is 24.7. The van der Waals surface area contributed by atoms with E-state index in [-0.39, 0.29) is 23.5 Å². The Balaban J connectivity index is 1.64. The van der Waals surface area contributed by atoms with Crippen molar-refractivity contribution in [3.05, 3.63) is 93.4 Å². The molecule has 3 aromatic rings. The Morgan fingerprint density at radius 2 is 1.71 bits per heavy atom. The van der Waals surface area contributed by atoms with Crippen LogP contribution >= 0.6 is 0 Å². The second kappa shape index (κ2) is 10.0. The van der Waals surface area contributed by atoms with Gasteiger partial charge in [-0.25, -0.2) is 4.68 Å². The van der Waals surface area contributed by atoms with Crippen LogP contribution < -0.4 is 10.7 Å². The zero-order chi connectivity index (χ0) is 25.2. The number of carbonyl (C=O) groups is 1. The Morgan fingerprint density at radius 1 is 1.03 bits per heavy atom. The van der Waals surface area contributed by atoms with Gasteiger partial charge in [-0.15, -0.1) is 0 Å². The molecule has 1 N–H and O–H groups in total. The SMILES string of the molecule is Cc1cc(=O)c(C(=O)N[C@H](C)[C@H](c2ccccc2)N2CCCC2)nn1-c1cccc(C(F)(F)F)c1. The van der Waals surface area contributed by atoms with Crippen molar-refractivity contribution >= 4 is 5.91 Å². The lowest BCUT2D eigenvalue weighted by molar-refractivity contribution is -0.137. The second-order valence-electron chi connectivity index (χ2n) is 8.82. The van der Waals surface area contributed by atoms with Gasteiger partial charge in [0.1, 0.15) is 0 Å². The number of nitrogens with zero attached hydrogens (tertiary/aromatic N) is 3. The maximum absolute atomic E-state index is 13.2. The Hall–Kier alpha value is -3.46. The standard InChI is InChI=1S/C26H27F3N4O2/c1-17-15-22(34)23(31-33(17)21-12-8-11-20(16-21)26(27,28)29)25(35)30-18(2)24(32-13-6-7-14-32)19-9-4-3-5-10-19/h3-5,8-12,15-16,18,24H,6-7,13-14H2,1-2H3,(H,30,35)/t18-,24-/m1/s1. The number of aromatic nitrogens is 2. The van der Waals surface area contributed by atoms with Crippen molar-refractivity contribution in [3.8, 4) is 5.69 Å². The van der Waals surface area contributed by atoms with Gasteiger partial charge in [-0.3, -0.25) is 14.5 Å². The summed E-state index contributed by atoms with van der Waals surface area (Å²) in [6, 6.07) is 15.2. The van der Waals surface area contributed by atoms with Crippen molar-refractivity contribution in [3.63, 3.8) is 0 Å². The van der Waals surface area contributed by atoms with Gasteiger partial charge in [0.15, 0.2) is 5.69 Å². The van der Waals surface area contributed by atoms with Crippen molar-refractivity contribution in [2.24, 2.45) is 0 Å². The van der Waals surface area contributed by atoms with E-state index in [1.165, 1.54) is 22.9 Å². The Morgan fingerprint density at radius 3 is 2.37 bits per heavy atom. The summed E-state index contributed by atoms with van der Waals surface area (Å²) in [4.78, 5) is 28.1. The van der Waals surface area contributed by atoms with Gasteiger partial charge in [0, 0.05) is 17.8 Å². The van der Waals surface area contributed by atoms with Crippen molar-refractivity contribution < 1.29 is 18.0 Å². The van der Waals surface area contributed by atoms with Crippen LogP contribution in [0.5, 0.6) is 0 Å². The molecule has 6 nitrogen and oxygen atoms in total. The average Bonchev–Trinajstić information content (AvgIpc) is 3.33. The number of amides is 1. The summed E-state index contributed by atoms with van der Waals surface area (Å²) in [5.41, 5.74) is -0.316. The predicted molar refractivity (Wildman–Crippen MR) is 126 cm³/mol. The van der Waals surface area contributed by atoms with Gasteiger partial charge < -0.3 is 5.32 Å².